The van der Waals surface area contributed by atoms with Gasteiger partial charge >= 0.3 is 18.2 Å². The van der Waals surface area contributed by atoms with Crippen LogP contribution >= 0.6 is 0 Å². The van der Waals surface area contributed by atoms with Gasteiger partial charge in [-0.25, -0.2) is 19.3 Å². The number of ether oxygens (including phenoxy) is 1. The van der Waals surface area contributed by atoms with Crippen LogP contribution in [0.2, 0.25) is 0 Å². The Kier molecular flexibility index (Phi) is 7.88. The summed E-state index contributed by atoms with van der Waals surface area (Å²) >= 11 is 0. The maximum absolute atomic E-state index is 13.6. The molecule has 0 saturated heterocycles. The summed E-state index contributed by atoms with van der Waals surface area (Å²) in [5, 5.41) is 20.8. The van der Waals surface area contributed by atoms with Gasteiger partial charge in [-0.2, -0.15) is 23.5 Å². The summed E-state index contributed by atoms with van der Waals surface area (Å²) in [6.45, 7) is 1.92. The van der Waals surface area contributed by atoms with E-state index in [9.17, 15) is 22.8 Å². The lowest BCUT2D eigenvalue weighted by molar-refractivity contribution is -0.143. The number of amides is 2. The minimum absolute atomic E-state index is 0.0340. The number of nitrogens with zero attached hydrogens (tertiary/aromatic N) is 4. The van der Waals surface area contributed by atoms with Gasteiger partial charge in [0, 0.05) is 25.0 Å². The number of hydrogen-bond acceptors (Lipinski definition) is 7. The molecular formula is C22H20F3N7O3. The molecule has 0 aliphatic rings. The molecule has 0 radical (unpaired) electrons. The van der Waals surface area contributed by atoms with Gasteiger partial charge in [0.25, 0.3) is 0 Å². The number of halogens is 3. The van der Waals surface area contributed by atoms with Gasteiger partial charge in [0.2, 0.25) is 0 Å². The third kappa shape index (κ3) is 6.26. The highest BCUT2D eigenvalue weighted by atomic mass is 19.4. The lowest BCUT2D eigenvalue weighted by atomic mass is 10.2. The molecule has 0 bridgehead atoms. The Hall–Kier alpha value is -4.60. The molecule has 0 fully saturated rings. The molecule has 3 aromatic rings. The number of nitriles is 1. The first-order chi connectivity index (χ1) is 16.7. The van der Waals surface area contributed by atoms with Crippen molar-refractivity contribution in [2.75, 3.05) is 30.3 Å². The maximum Gasteiger partial charge on any atom is 0.434 e. The normalized spacial score (nSPS) is 10.8. The van der Waals surface area contributed by atoms with Crippen molar-refractivity contribution in [3.63, 3.8) is 0 Å². The molecule has 0 saturated carbocycles. The van der Waals surface area contributed by atoms with Crippen LogP contribution in [-0.4, -0.2) is 46.5 Å². The van der Waals surface area contributed by atoms with E-state index in [1.54, 1.807) is 12.1 Å². The Labute approximate surface area is 197 Å². The van der Waals surface area contributed by atoms with Gasteiger partial charge in [-0.05, 0) is 43.3 Å². The Morgan fingerprint density at radius 3 is 2.57 bits per heavy atom. The molecule has 0 atom stereocenters. The number of anilines is 2. The molecule has 13 heteroatoms. The van der Waals surface area contributed by atoms with Gasteiger partial charge < -0.3 is 20.7 Å². The zero-order chi connectivity index (χ0) is 25.4. The van der Waals surface area contributed by atoms with Gasteiger partial charge in [0.15, 0.2) is 5.69 Å². The molecule has 2 heterocycles. The summed E-state index contributed by atoms with van der Waals surface area (Å²) in [6, 6.07) is 10.1. The molecule has 3 rings (SSSR count). The van der Waals surface area contributed by atoms with E-state index in [-0.39, 0.29) is 18.8 Å². The number of hydrogen-bond donors (Lipinski definition) is 3. The fourth-order valence-corrected chi connectivity index (χ4v) is 3.03. The van der Waals surface area contributed by atoms with Crippen molar-refractivity contribution in [1.29, 1.82) is 5.26 Å². The minimum atomic E-state index is -4.85. The number of benzene rings is 1. The van der Waals surface area contributed by atoms with E-state index in [2.05, 4.69) is 30.8 Å². The van der Waals surface area contributed by atoms with Crippen molar-refractivity contribution >= 4 is 23.5 Å². The first kappa shape index (κ1) is 25.0. The molecule has 35 heavy (non-hydrogen) atoms. The molecule has 0 unspecified atom stereocenters. The molecule has 3 N–H and O–H groups in total. The molecule has 2 amide bonds. The van der Waals surface area contributed by atoms with Crippen LogP contribution in [-0.2, 0) is 10.9 Å². The topological polar surface area (TPSA) is 134 Å². The highest BCUT2D eigenvalue weighted by Crippen LogP contribution is 2.34. The maximum atomic E-state index is 13.6. The van der Waals surface area contributed by atoms with Crippen LogP contribution in [0.4, 0.5) is 29.5 Å². The van der Waals surface area contributed by atoms with E-state index in [0.29, 0.717) is 28.3 Å². The summed E-state index contributed by atoms with van der Waals surface area (Å²) < 4.78 is 46.1. The van der Waals surface area contributed by atoms with Gasteiger partial charge in [-0.15, -0.1) is 0 Å². The average Bonchev–Trinajstić information content (AvgIpc) is 3.29. The van der Waals surface area contributed by atoms with E-state index < -0.39 is 29.4 Å². The smallest absolute Gasteiger partial charge is 0.434 e. The summed E-state index contributed by atoms with van der Waals surface area (Å²) in [5.74, 6) is -0.724. The van der Waals surface area contributed by atoms with Gasteiger partial charge in [0.05, 0.1) is 24.1 Å². The van der Waals surface area contributed by atoms with Gasteiger partial charge in [-0.3, -0.25) is 0 Å². The fraction of sp³-hybridized carbons (Fsp3) is 0.227. The van der Waals surface area contributed by atoms with E-state index in [4.69, 9.17) is 5.26 Å². The predicted octanol–water partition coefficient (Wildman–Crippen LogP) is 3.57. The number of esters is 1. The molecule has 1 aromatic carbocycles. The largest absolute Gasteiger partial charge is 0.462 e. The van der Waals surface area contributed by atoms with E-state index in [0.717, 1.165) is 6.20 Å². The summed E-state index contributed by atoms with van der Waals surface area (Å²) in [4.78, 5) is 28.0. The van der Waals surface area contributed by atoms with E-state index >= 15 is 0 Å². The molecule has 0 spiro atoms. The van der Waals surface area contributed by atoms with Crippen LogP contribution in [0.15, 0.2) is 48.8 Å². The predicted molar refractivity (Wildman–Crippen MR) is 119 cm³/mol. The van der Waals surface area contributed by atoms with Crippen molar-refractivity contribution in [2.45, 2.75) is 13.1 Å². The van der Waals surface area contributed by atoms with Crippen LogP contribution in [0.25, 0.3) is 5.69 Å². The van der Waals surface area contributed by atoms with Crippen molar-refractivity contribution in [2.24, 2.45) is 0 Å². The lowest BCUT2D eigenvalue weighted by Crippen LogP contribution is -2.32. The number of carbonyl (C=O) groups is 2. The highest BCUT2D eigenvalue weighted by Gasteiger charge is 2.41. The number of carbonyl (C=O) groups excluding carboxylic acids is 2. The Morgan fingerprint density at radius 1 is 1.17 bits per heavy atom. The average molecular weight is 487 g/mol. The number of urea groups is 1. The summed E-state index contributed by atoms with van der Waals surface area (Å²) in [5.41, 5.74) is -1.22. The van der Waals surface area contributed by atoms with Crippen molar-refractivity contribution in [3.05, 3.63) is 65.6 Å². The van der Waals surface area contributed by atoms with Crippen LogP contribution in [0.3, 0.4) is 0 Å². The second kappa shape index (κ2) is 11.0. The number of pyridine rings is 1. The van der Waals surface area contributed by atoms with Crippen LogP contribution in [0.1, 0.15) is 28.5 Å². The second-order valence-electron chi connectivity index (χ2n) is 6.90. The zero-order valence-electron chi connectivity index (χ0n) is 18.4. The first-order valence-corrected chi connectivity index (χ1v) is 10.3. The molecule has 182 valence electrons. The number of nitrogens with one attached hydrogen (secondary N) is 3. The van der Waals surface area contributed by atoms with Crippen LogP contribution < -0.4 is 16.0 Å². The van der Waals surface area contributed by atoms with Crippen LogP contribution in [0, 0.1) is 11.3 Å². The molecule has 0 aliphatic heterocycles. The molecule has 2 aromatic heterocycles. The van der Waals surface area contributed by atoms with Crippen molar-refractivity contribution < 1.29 is 27.5 Å². The van der Waals surface area contributed by atoms with Crippen molar-refractivity contribution in [3.8, 4) is 11.8 Å². The first-order valence-electron chi connectivity index (χ1n) is 10.3. The van der Waals surface area contributed by atoms with Gasteiger partial charge in [0.1, 0.15) is 17.5 Å². The van der Waals surface area contributed by atoms with Gasteiger partial charge in [-0.1, -0.05) is 0 Å². The monoisotopic (exact) mass is 487 g/mol. The number of alkyl halides is 3. The highest BCUT2D eigenvalue weighted by molar-refractivity contribution is 5.91. The summed E-state index contributed by atoms with van der Waals surface area (Å²) in [7, 11) is 0. The third-order valence-electron chi connectivity index (χ3n) is 4.53. The third-order valence-corrected chi connectivity index (χ3v) is 4.53. The Morgan fingerprint density at radius 2 is 1.91 bits per heavy atom. The summed E-state index contributed by atoms with van der Waals surface area (Å²) in [6.07, 6.45) is -2.52. The van der Waals surface area contributed by atoms with Crippen molar-refractivity contribution in [1.82, 2.24) is 20.1 Å². The van der Waals surface area contributed by atoms with E-state index in [1.807, 2.05) is 6.07 Å². The minimum Gasteiger partial charge on any atom is -0.462 e. The molecular weight excluding hydrogens is 467 g/mol. The Balaban J connectivity index is 1.61. The molecule has 10 nitrogen and oxygen atoms in total. The number of rotatable bonds is 8. The molecule has 0 aliphatic carbocycles. The second-order valence-corrected chi connectivity index (χ2v) is 6.90. The zero-order valence-corrected chi connectivity index (χ0v) is 18.4. The Bertz CT molecular complexity index is 1230. The van der Waals surface area contributed by atoms with E-state index in [1.165, 1.54) is 37.4 Å². The van der Waals surface area contributed by atoms with Crippen LogP contribution in [0.5, 0.6) is 0 Å². The lowest BCUT2D eigenvalue weighted by Gasteiger charge is -2.13. The SMILES string of the molecule is CCOC(=O)c1cnn(-c2ccc(NC(=O)NCCNc3ncccc3C#N)cc2)c1C(F)(F)F. The standard InChI is InChI=1S/C22H20F3N7O3/c1-2-35-20(33)17-13-30-32(18(17)22(23,24)25)16-7-5-15(6-8-16)31-21(34)29-11-10-28-19-14(12-26)4-3-9-27-19/h3-9,13H,2,10-11H2,1H3,(H,27,28)(H2,29,31,34). The number of aromatic nitrogens is 3. The quantitative estimate of drug-likeness (QED) is 0.327. The fourth-order valence-electron chi connectivity index (χ4n) is 3.03.